The number of hydrazine groups is 1. The molecule has 0 aromatic heterocycles. The second kappa shape index (κ2) is 7.83. The van der Waals surface area contributed by atoms with Crippen molar-refractivity contribution >= 4 is 5.96 Å². The summed E-state index contributed by atoms with van der Waals surface area (Å²) in [4.78, 5) is 4.40. The van der Waals surface area contributed by atoms with Crippen molar-refractivity contribution in [3.63, 3.8) is 0 Å². The van der Waals surface area contributed by atoms with E-state index in [0.717, 1.165) is 25.3 Å². The Labute approximate surface area is 156 Å². The molecule has 0 fully saturated rings. The topological polar surface area (TPSA) is 77.7 Å². The van der Waals surface area contributed by atoms with Gasteiger partial charge >= 0.3 is 0 Å². The van der Waals surface area contributed by atoms with Gasteiger partial charge < -0.3 is 21.4 Å². The molecule has 0 bridgehead atoms. The molecule has 0 aliphatic carbocycles. The van der Waals surface area contributed by atoms with Crippen molar-refractivity contribution in [2.45, 2.75) is 46.2 Å². The highest BCUT2D eigenvalue weighted by molar-refractivity contribution is 5.80. The number of nitrogens with two attached hydrogens (primary N) is 1. The molecule has 0 radical (unpaired) electrons. The van der Waals surface area contributed by atoms with Crippen LogP contribution in [0.2, 0.25) is 0 Å². The van der Waals surface area contributed by atoms with Gasteiger partial charge in [0, 0.05) is 24.8 Å². The van der Waals surface area contributed by atoms with E-state index in [-0.39, 0.29) is 6.04 Å². The van der Waals surface area contributed by atoms with E-state index in [1.165, 1.54) is 22.4 Å². The molecule has 6 heteroatoms. The lowest BCUT2D eigenvalue weighted by Gasteiger charge is -2.25. The highest BCUT2D eigenvalue weighted by atomic mass is 15.5. The van der Waals surface area contributed by atoms with Crippen molar-refractivity contribution in [2.75, 3.05) is 13.1 Å². The van der Waals surface area contributed by atoms with E-state index in [0.29, 0.717) is 12.0 Å². The maximum absolute atomic E-state index is 6.01. The molecule has 0 saturated heterocycles. The quantitative estimate of drug-likeness (QED) is 0.589. The molecule has 26 heavy (non-hydrogen) atoms. The van der Waals surface area contributed by atoms with Gasteiger partial charge in [0.1, 0.15) is 5.82 Å². The van der Waals surface area contributed by atoms with E-state index < -0.39 is 0 Å². The van der Waals surface area contributed by atoms with Gasteiger partial charge in [0.2, 0.25) is 0 Å². The molecular formula is C20H30N6. The molecule has 2 aliphatic rings. The average Bonchev–Trinajstić information content (AvgIpc) is 2.91. The van der Waals surface area contributed by atoms with Crippen LogP contribution in [0.1, 0.15) is 43.0 Å². The van der Waals surface area contributed by atoms with Gasteiger partial charge in [-0.05, 0) is 63.0 Å². The lowest BCUT2D eigenvalue weighted by Crippen LogP contribution is -2.39. The van der Waals surface area contributed by atoms with Gasteiger partial charge in [0.15, 0.2) is 5.96 Å². The Morgan fingerprint density at radius 2 is 2.04 bits per heavy atom. The molecule has 140 valence electrons. The molecule has 1 aromatic rings. The van der Waals surface area contributed by atoms with Gasteiger partial charge in [-0.25, -0.2) is 5.43 Å². The Bertz CT molecular complexity index is 749. The Morgan fingerprint density at radius 1 is 1.23 bits per heavy atom. The van der Waals surface area contributed by atoms with Crippen molar-refractivity contribution in [3.05, 3.63) is 58.6 Å². The number of nitrogens with zero attached hydrogens (tertiary/aromatic N) is 2. The highest BCUT2D eigenvalue weighted by Gasteiger charge is 2.18. The Morgan fingerprint density at radius 3 is 2.77 bits per heavy atom. The molecule has 6 nitrogen and oxygen atoms in total. The number of aryl methyl sites for hydroxylation is 1. The minimum absolute atomic E-state index is 0.0428. The number of guanidine groups is 1. The molecule has 0 spiro atoms. The zero-order valence-corrected chi connectivity index (χ0v) is 16.1. The fourth-order valence-corrected chi connectivity index (χ4v) is 3.47. The standard InChI is InChI=1S/C20H30N6/c1-13-7-5-8-17(16(13)4)18-12-19(24-20(21)23-18)22-9-6-10-26-15(3)11-14(2)25-26/h5,7-8,11-12,14,18,22,25H,6,9-10H2,1-4H3,(H3,21,23,24). The van der Waals surface area contributed by atoms with Crippen LogP contribution in [0.3, 0.4) is 0 Å². The summed E-state index contributed by atoms with van der Waals surface area (Å²) in [5.41, 5.74) is 14.5. The van der Waals surface area contributed by atoms with E-state index in [4.69, 9.17) is 5.73 Å². The van der Waals surface area contributed by atoms with E-state index >= 15 is 0 Å². The molecule has 3 rings (SSSR count). The third-order valence-electron chi connectivity index (χ3n) is 4.99. The number of aliphatic imine (C=N–C) groups is 1. The van der Waals surface area contributed by atoms with Crippen LogP contribution < -0.4 is 21.8 Å². The van der Waals surface area contributed by atoms with Gasteiger partial charge in [-0.1, -0.05) is 18.2 Å². The zero-order chi connectivity index (χ0) is 18.7. The number of nitrogens with one attached hydrogen (secondary N) is 3. The zero-order valence-electron chi connectivity index (χ0n) is 16.1. The smallest absolute Gasteiger partial charge is 0.195 e. The van der Waals surface area contributed by atoms with Gasteiger partial charge in [-0.2, -0.15) is 4.99 Å². The van der Waals surface area contributed by atoms with Crippen molar-refractivity contribution in [2.24, 2.45) is 10.7 Å². The predicted octanol–water partition coefficient (Wildman–Crippen LogP) is 2.20. The fraction of sp³-hybridized carbons (Fsp3) is 0.450. The van der Waals surface area contributed by atoms with Crippen LogP contribution in [0.25, 0.3) is 0 Å². The van der Waals surface area contributed by atoms with E-state index in [2.05, 4.69) is 84.1 Å². The molecule has 5 N–H and O–H groups in total. The normalized spacial score (nSPS) is 22.5. The second-order valence-electron chi connectivity index (χ2n) is 7.12. The number of hydrogen-bond donors (Lipinski definition) is 4. The van der Waals surface area contributed by atoms with E-state index in [1.54, 1.807) is 0 Å². The minimum atomic E-state index is 0.0428. The highest BCUT2D eigenvalue weighted by Crippen LogP contribution is 2.24. The van der Waals surface area contributed by atoms with E-state index in [9.17, 15) is 0 Å². The number of benzene rings is 1. The summed E-state index contributed by atoms with van der Waals surface area (Å²) in [6.45, 7) is 10.4. The van der Waals surface area contributed by atoms with Crippen LogP contribution in [0.4, 0.5) is 0 Å². The predicted molar refractivity (Wildman–Crippen MR) is 107 cm³/mol. The van der Waals surface area contributed by atoms with Crippen LogP contribution in [0, 0.1) is 13.8 Å². The Hall–Kier alpha value is -2.47. The van der Waals surface area contributed by atoms with Crippen molar-refractivity contribution < 1.29 is 0 Å². The Balaban J connectivity index is 1.57. The first kappa shape index (κ1) is 18.3. The summed E-state index contributed by atoms with van der Waals surface area (Å²) in [6.07, 6.45) is 5.36. The van der Waals surface area contributed by atoms with Crippen molar-refractivity contribution in [1.82, 2.24) is 21.1 Å². The third-order valence-corrected chi connectivity index (χ3v) is 4.99. The van der Waals surface area contributed by atoms with Gasteiger partial charge in [0.05, 0.1) is 6.04 Å². The van der Waals surface area contributed by atoms with Crippen molar-refractivity contribution in [3.8, 4) is 0 Å². The van der Waals surface area contributed by atoms with Crippen LogP contribution in [-0.4, -0.2) is 30.1 Å². The SMILES string of the molecule is CC1=CC(C)NN1CCCNC1=CC(c2cccc(C)c2C)NC(N)=N1. The van der Waals surface area contributed by atoms with E-state index in [1.807, 2.05) is 0 Å². The molecule has 2 aliphatic heterocycles. The molecular weight excluding hydrogens is 324 g/mol. The van der Waals surface area contributed by atoms with Gasteiger partial charge in [-0.3, -0.25) is 0 Å². The Kier molecular flexibility index (Phi) is 5.52. The largest absolute Gasteiger partial charge is 0.370 e. The number of hydrogen-bond acceptors (Lipinski definition) is 6. The van der Waals surface area contributed by atoms with Crippen LogP contribution in [-0.2, 0) is 0 Å². The summed E-state index contributed by atoms with van der Waals surface area (Å²) >= 11 is 0. The summed E-state index contributed by atoms with van der Waals surface area (Å²) in [5.74, 6) is 1.29. The van der Waals surface area contributed by atoms with Gasteiger partial charge in [0.25, 0.3) is 0 Å². The van der Waals surface area contributed by atoms with Gasteiger partial charge in [-0.15, -0.1) is 0 Å². The van der Waals surface area contributed by atoms with Crippen LogP contribution in [0.15, 0.2) is 46.9 Å². The second-order valence-corrected chi connectivity index (χ2v) is 7.12. The van der Waals surface area contributed by atoms with Crippen molar-refractivity contribution in [1.29, 1.82) is 0 Å². The molecule has 0 amide bonds. The number of rotatable bonds is 6. The molecule has 2 atom stereocenters. The fourth-order valence-electron chi connectivity index (χ4n) is 3.47. The first-order valence-corrected chi connectivity index (χ1v) is 9.28. The third kappa shape index (κ3) is 4.19. The first-order chi connectivity index (χ1) is 12.4. The first-order valence-electron chi connectivity index (χ1n) is 9.28. The maximum atomic E-state index is 6.01. The summed E-state index contributed by atoms with van der Waals surface area (Å²) in [5, 5.41) is 8.89. The lowest BCUT2D eigenvalue weighted by atomic mass is 9.97. The number of allylic oxidation sites excluding steroid dienone is 1. The summed E-state index contributed by atoms with van der Waals surface area (Å²) in [7, 11) is 0. The summed E-state index contributed by atoms with van der Waals surface area (Å²) < 4.78 is 0. The minimum Gasteiger partial charge on any atom is -0.370 e. The maximum Gasteiger partial charge on any atom is 0.195 e. The van der Waals surface area contributed by atoms with Crippen LogP contribution >= 0.6 is 0 Å². The molecule has 0 saturated carbocycles. The lowest BCUT2D eigenvalue weighted by molar-refractivity contribution is 0.256. The monoisotopic (exact) mass is 354 g/mol. The molecule has 2 unspecified atom stereocenters. The van der Waals surface area contributed by atoms with Crippen LogP contribution in [0.5, 0.6) is 0 Å². The molecule has 1 aromatic carbocycles. The molecule has 2 heterocycles. The average molecular weight is 355 g/mol. The summed E-state index contributed by atoms with van der Waals surface area (Å²) in [6, 6.07) is 6.81.